The summed E-state index contributed by atoms with van der Waals surface area (Å²) in [7, 11) is 1.86. The fraction of sp³-hybridized carbons (Fsp3) is 0.107. The van der Waals surface area contributed by atoms with Gasteiger partial charge in [-0.15, -0.1) is 10.2 Å². The van der Waals surface area contributed by atoms with E-state index < -0.39 is 5.92 Å². The third kappa shape index (κ3) is 3.57. The number of hydrogen-bond acceptors (Lipinski definition) is 7. The smallest absolute Gasteiger partial charge is 0.221 e. The SMILES string of the molecule is CC(c1cc2cc(-c3cnn(C)c3)cnc2cc1F)c1nc2n[nH]nc2nc1-c1cncc2ccccc12. The molecule has 0 radical (unpaired) electrons. The van der Waals surface area contributed by atoms with Crippen LogP contribution in [-0.4, -0.2) is 45.1 Å². The Bertz CT molecular complexity index is 1990. The van der Waals surface area contributed by atoms with Crippen molar-refractivity contribution in [3.8, 4) is 22.4 Å². The maximum atomic E-state index is 15.6. The Balaban J connectivity index is 1.42. The van der Waals surface area contributed by atoms with E-state index in [1.807, 2.05) is 56.6 Å². The maximum Gasteiger partial charge on any atom is 0.221 e. The Labute approximate surface area is 215 Å². The molecule has 0 aliphatic rings. The lowest BCUT2D eigenvalue weighted by atomic mass is 9.91. The molecule has 0 saturated carbocycles. The summed E-state index contributed by atoms with van der Waals surface area (Å²) in [6, 6.07) is 13.2. The molecule has 9 nitrogen and oxygen atoms in total. The largest absolute Gasteiger partial charge is 0.275 e. The van der Waals surface area contributed by atoms with E-state index in [0.29, 0.717) is 33.8 Å². The molecule has 184 valence electrons. The quantitative estimate of drug-likeness (QED) is 0.353. The molecule has 10 heteroatoms. The van der Waals surface area contributed by atoms with Gasteiger partial charge in [-0.05, 0) is 23.1 Å². The number of aryl methyl sites for hydroxylation is 1. The van der Waals surface area contributed by atoms with Crippen molar-refractivity contribution in [2.75, 3.05) is 0 Å². The van der Waals surface area contributed by atoms with Crippen LogP contribution in [0.15, 0.2) is 73.4 Å². The van der Waals surface area contributed by atoms with Gasteiger partial charge in [0.2, 0.25) is 11.3 Å². The van der Waals surface area contributed by atoms with E-state index in [-0.39, 0.29) is 5.82 Å². The molecule has 0 bridgehead atoms. The van der Waals surface area contributed by atoms with Gasteiger partial charge in [0.25, 0.3) is 0 Å². The summed E-state index contributed by atoms with van der Waals surface area (Å²) in [4.78, 5) is 18.5. The molecular formula is C28H20FN9. The summed E-state index contributed by atoms with van der Waals surface area (Å²) in [5.74, 6) is -0.820. The standard InChI is InChI=1S/C28H20FN9/c1-15(21-8-17-7-18(19-12-32-38(2)14-19)11-31-24(17)9-23(21)29)25-26(34-28-27(33-25)35-37-36-28)22-13-30-10-16-5-3-4-6-20(16)22/h3-15H,1-2H3,(H,33,34,35,36,37). The number of benzene rings is 2. The van der Waals surface area contributed by atoms with E-state index in [0.717, 1.165) is 32.8 Å². The van der Waals surface area contributed by atoms with Crippen molar-refractivity contribution in [2.24, 2.45) is 7.05 Å². The molecule has 0 saturated heterocycles. The normalized spacial score (nSPS) is 12.5. The number of fused-ring (bicyclic) bond motifs is 3. The monoisotopic (exact) mass is 501 g/mol. The molecule has 7 aromatic rings. The van der Waals surface area contributed by atoms with Gasteiger partial charge < -0.3 is 0 Å². The van der Waals surface area contributed by atoms with Crippen LogP contribution in [-0.2, 0) is 7.05 Å². The van der Waals surface area contributed by atoms with Crippen molar-refractivity contribution in [2.45, 2.75) is 12.8 Å². The number of halogens is 1. The van der Waals surface area contributed by atoms with Crippen LogP contribution >= 0.6 is 0 Å². The van der Waals surface area contributed by atoms with E-state index in [1.54, 1.807) is 29.5 Å². The van der Waals surface area contributed by atoms with Crippen LogP contribution < -0.4 is 0 Å². The summed E-state index contributed by atoms with van der Waals surface area (Å²) < 4.78 is 17.3. The number of rotatable bonds is 4. The van der Waals surface area contributed by atoms with Gasteiger partial charge in [0.15, 0.2) is 0 Å². The number of nitrogens with zero attached hydrogens (tertiary/aromatic N) is 8. The lowest BCUT2D eigenvalue weighted by molar-refractivity contribution is 0.603. The zero-order chi connectivity index (χ0) is 25.8. The first kappa shape index (κ1) is 22.1. The van der Waals surface area contributed by atoms with Crippen LogP contribution in [0.5, 0.6) is 0 Å². The van der Waals surface area contributed by atoms with E-state index in [1.165, 1.54) is 6.07 Å². The molecule has 1 N–H and O–H groups in total. The molecule has 1 unspecified atom stereocenters. The van der Waals surface area contributed by atoms with Gasteiger partial charge in [0.1, 0.15) is 5.82 Å². The summed E-state index contributed by atoms with van der Waals surface area (Å²) in [5.41, 5.74) is 5.61. The van der Waals surface area contributed by atoms with Crippen LogP contribution in [0.3, 0.4) is 0 Å². The minimum atomic E-state index is -0.455. The molecule has 2 aromatic carbocycles. The fourth-order valence-electron chi connectivity index (χ4n) is 4.88. The second-order valence-electron chi connectivity index (χ2n) is 9.25. The van der Waals surface area contributed by atoms with Gasteiger partial charge in [-0.25, -0.2) is 14.4 Å². The van der Waals surface area contributed by atoms with Crippen LogP contribution in [0, 0.1) is 5.82 Å². The molecule has 0 aliphatic carbocycles. The Morgan fingerprint density at radius 3 is 2.58 bits per heavy atom. The second-order valence-corrected chi connectivity index (χ2v) is 9.25. The number of pyridine rings is 2. The highest BCUT2D eigenvalue weighted by Crippen LogP contribution is 2.36. The number of hydrogen-bond donors (Lipinski definition) is 1. The van der Waals surface area contributed by atoms with Gasteiger partial charge in [-0.2, -0.15) is 10.3 Å². The average Bonchev–Trinajstić information content (AvgIpc) is 3.59. The molecule has 38 heavy (non-hydrogen) atoms. The Hall–Kier alpha value is -5.12. The predicted octanol–water partition coefficient (Wildman–Crippen LogP) is 5.20. The molecule has 7 rings (SSSR count). The minimum Gasteiger partial charge on any atom is -0.275 e. The van der Waals surface area contributed by atoms with Crippen molar-refractivity contribution in [3.05, 3.63) is 90.5 Å². The molecule has 5 aromatic heterocycles. The van der Waals surface area contributed by atoms with Gasteiger partial charge in [0, 0.05) is 71.3 Å². The molecule has 0 fully saturated rings. The van der Waals surface area contributed by atoms with Crippen molar-refractivity contribution < 1.29 is 4.39 Å². The molecule has 1 atom stereocenters. The second kappa shape index (κ2) is 8.48. The van der Waals surface area contributed by atoms with Crippen molar-refractivity contribution in [1.29, 1.82) is 0 Å². The molecular weight excluding hydrogens is 481 g/mol. The Kier molecular flexibility index (Phi) is 4.93. The highest BCUT2D eigenvalue weighted by atomic mass is 19.1. The third-order valence-corrected chi connectivity index (χ3v) is 6.84. The van der Waals surface area contributed by atoms with E-state index in [2.05, 4.69) is 30.5 Å². The lowest BCUT2D eigenvalue weighted by Gasteiger charge is -2.17. The Morgan fingerprint density at radius 1 is 0.895 bits per heavy atom. The molecule has 0 amide bonds. The highest BCUT2D eigenvalue weighted by molar-refractivity contribution is 5.96. The van der Waals surface area contributed by atoms with E-state index in [4.69, 9.17) is 9.97 Å². The topological polar surface area (TPSA) is 111 Å². The number of aromatic nitrogens is 9. The number of H-pyrrole nitrogens is 1. The number of nitrogens with one attached hydrogen (secondary N) is 1. The fourth-order valence-corrected chi connectivity index (χ4v) is 4.88. The summed E-state index contributed by atoms with van der Waals surface area (Å²) in [6.07, 6.45) is 9.00. The van der Waals surface area contributed by atoms with Gasteiger partial charge in [0.05, 0.1) is 23.1 Å². The summed E-state index contributed by atoms with van der Waals surface area (Å²) >= 11 is 0. The first-order valence-corrected chi connectivity index (χ1v) is 12.0. The highest BCUT2D eigenvalue weighted by Gasteiger charge is 2.24. The van der Waals surface area contributed by atoms with E-state index >= 15 is 4.39 Å². The summed E-state index contributed by atoms with van der Waals surface area (Å²) in [6.45, 7) is 1.92. The lowest BCUT2D eigenvalue weighted by Crippen LogP contribution is -2.07. The third-order valence-electron chi connectivity index (χ3n) is 6.84. The van der Waals surface area contributed by atoms with Gasteiger partial charge >= 0.3 is 0 Å². The van der Waals surface area contributed by atoms with Crippen molar-refractivity contribution >= 4 is 33.0 Å². The molecule has 0 spiro atoms. The van der Waals surface area contributed by atoms with Crippen LogP contribution in [0.1, 0.15) is 24.1 Å². The molecule has 5 heterocycles. The zero-order valence-electron chi connectivity index (χ0n) is 20.5. The minimum absolute atomic E-state index is 0.365. The average molecular weight is 502 g/mol. The van der Waals surface area contributed by atoms with Crippen molar-refractivity contribution in [1.82, 2.24) is 45.1 Å². The molecule has 0 aliphatic heterocycles. The van der Waals surface area contributed by atoms with Crippen LogP contribution in [0.2, 0.25) is 0 Å². The zero-order valence-corrected chi connectivity index (χ0v) is 20.5. The predicted molar refractivity (Wildman–Crippen MR) is 142 cm³/mol. The van der Waals surface area contributed by atoms with Gasteiger partial charge in [-0.1, -0.05) is 31.2 Å². The van der Waals surface area contributed by atoms with Crippen LogP contribution in [0.25, 0.3) is 55.4 Å². The number of aromatic amines is 1. The Morgan fingerprint density at radius 2 is 1.74 bits per heavy atom. The maximum absolute atomic E-state index is 15.6. The van der Waals surface area contributed by atoms with Crippen LogP contribution in [0.4, 0.5) is 4.39 Å². The first-order valence-electron chi connectivity index (χ1n) is 12.0. The van der Waals surface area contributed by atoms with E-state index in [9.17, 15) is 0 Å². The first-order chi connectivity index (χ1) is 18.5. The van der Waals surface area contributed by atoms with Gasteiger partial charge in [-0.3, -0.25) is 14.6 Å². The van der Waals surface area contributed by atoms with Crippen molar-refractivity contribution in [3.63, 3.8) is 0 Å². The summed E-state index contributed by atoms with van der Waals surface area (Å²) in [5, 5.41) is 17.9.